The molecule has 0 aliphatic heterocycles. The fourth-order valence-electron chi connectivity index (χ4n) is 2.64. The normalized spacial score (nSPS) is 23.5. The average molecular weight is 265 g/mol. The van der Waals surface area contributed by atoms with Crippen LogP contribution in [-0.4, -0.2) is 22.1 Å². The van der Waals surface area contributed by atoms with Gasteiger partial charge in [-0.1, -0.05) is 6.92 Å². The number of H-pyrrole nitrogens is 1. The second-order valence-corrected chi connectivity index (χ2v) is 5.68. The third-order valence-electron chi connectivity index (χ3n) is 3.99. The van der Waals surface area contributed by atoms with Crippen molar-refractivity contribution in [2.45, 2.75) is 52.1 Å². The quantitative estimate of drug-likeness (QED) is 0.854. The monoisotopic (exact) mass is 265 g/mol. The number of nitrogens with zero attached hydrogens (tertiary/aromatic N) is 1. The molecule has 5 heteroatoms. The van der Waals surface area contributed by atoms with Crippen LogP contribution in [0.1, 0.15) is 38.2 Å². The SMILES string of the molecule is Cc1cn(CCNC2CCC(C)CC2)c(=O)[nH]c1=O. The van der Waals surface area contributed by atoms with Crippen molar-refractivity contribution in [2.24, 2.45) is 5.92 Å². The molecule has 1 heterocycles. The first-order valence-electron chi connectivity index (χ1n) is 7.10. The highest BCUT2D eigenvalue weighted by molar-refractivity contribution is 5.00. The first kappa shape index (κ1) is 14.1. The molecule has 2 rings (SSSR count). The van der Waals surface area contributed by atoms with Gasteiger partial charge >= 0.3 is 5.69 Å². The molecule has 0 spiro atoms. The van der Waals surface area contributed by atoms with Gasteiger partial charge in [-0.2, -0.15) is 0 Å². The summed E-state index contributed by atoms with van der Waals surface area (Å²) in [7, 11) is 0. The van der Waals surface area contributed by atoms with Crippen molar-refractivity contribution in [2.75, 3.05) is 6.54 Å². The molecule has 5 nitrogen and oxygen atoms in total. The van der Waals surface area contributed by atoms with Crippen molar-refractivity contribution >= 4 is 0 Å². The largest absolute Gasteiger partial charge is 0.328 e. The summed E-state index contributed by atoms with van der Waals surface area (Å²) in [4.78, 5) is 25.2. The Morgan fingerprint density at radius 2 is 2.00 bits per heavy atom. The lowest BCUT2D eigenvalue weighted by Crippen LogP contribution is -2.38. The number of hydrogen-bond donors (Lipinski definition) is 2. The molecule has 0 atom stereocenters. The van der Waals surface area contributed by atoms with Gasteiger partial charge in [0.1, 0.15) is 0 Å². The summed E-state index contributed by atoms with van der Waals surface area (Å²) in [5.74, 6) is 0.850. The van der Waals surface area contributed by atoms with Crippen LogP contribution in [0.25, 0.3) is 0 Å². The average Bonchev–Trinajstić information content (AvgIpc) is 2.38. The van der Waals surface area contributed by atoms with Gasteiger partial charge in [-0.15, -0.1) is 0 Å². The van der Waals surface area contributed by atoms with E-state index in [0.29, 0.717) is 18.2 Å². The second kappa shape index (κ2) is 6.19. The van der Waals surface area contributed by atoms with Crippen LogP contribution < -0.4 is 16.6 Å². The zero-order chi connectivity index (χ0) is 13.8. The molecule has 0 amide bonds. The predicted molar refractivity (Wildman–Crippen MR) is 75.5 cm³/mol. The molecule has 19 heavy (non-hydrogen) atoms. The Balaban J connectivity index is 1.84. The molecular formula is C14H23N3O2. The molecule has 0 radical (unpaired) electrons. The highest BCUT2D eigenvalue weighted by Gasteiger charge is 2.17. The van der Waals surface area contributed by atoms with E-state index < -0.39 is 0 Å². The summed E-state index contributed by atoms with van der Waals surface area (Å²) >= 11 is 0. The Morgan fingerprint density at radius 3 is 2.68 bits per heavy atom. The van der Waals surface area contributed by atoms with Crippen molar-refractivity contribution in [3.05, 3.63) is 32.6 Å². The third-order valence-corrected chi connectivity index (χ3v) is 3.99. The Morgan fingerprint density at radius 1 is 1.32 bits per heavy atom. The maximum Gasteiger partial charge on any atom is 0.328 e. The van der Waals surface area contributed by atoms with Gasteiger partial charge in [0.2, 0.25) is 0 Å². The number of aryl methyl sites for hydroxylation is 1. The van der Waals surface area contributed by atoms with E-state index in [-0.39, 0.29) is 11.2 Å². The summed E-state index contributed by atoms with van der Waals surface area (Å²) in [6.07, 6.45) is 6.65. The van der Waals surface area contributed by atoms with E-state index in [0.717, 1.165) is 12.5 Å². The van der Waals surface area contributed by atoms with Gasteiger partial charge in [-0.25, -0.2) is 4.79 Å². The highest BCUT2D eigenvalue weighted by Crippen LogP contribution is 2.23. The van der Waals surface area contributed by atoms with Crippen LogP contribution in [0.2, 0.25) is 0 Å². The Labute approximate surface area is 113 Å². The molecule has 1 aromatic rings. The van der Waals surface area contributed by atoms with Crippen LogP contribution in [0.15, 0.2) is 15.8 Å². The topological polar surface area (TPSA) is 66.9 Å². The maximum atomic E-state index is 11.6. The van der Waals surface area contributed by atoms with Gasteiger partial charge in [0.05, 0.1) is 0 Å². The number of nitrogens with one attached hydrogen (secondary N) is 2. The lowest BCUT2D eigenvalue weighted by atomic mass is 9.87. The van der Waals surface area contributed by atoms with Gasteiger partial charge in [0.15, 0.2) is 0 Å². The molecule has 1 fully saturated rings. The fraction of sp³-hybridized carbons (Fsp3) is 0.714. The second-order valence-electron chi connectivity index (χ2n) is 5.68. The minimum Gasteiger partial charge on any atom is -0.312 e. The molecule has 1 saturated carbocycles. The molecule has 0 unspecified atom stereocenters. The van der Waals surface area contributed by atoms with E-state index in [1.54, 1.807) is 17.7 Å². The molecule has 0 bridgehead atoms. The van der Waals surface area contributed by atoms with Crippen molar-refractivity contribution < 1.29 is 0 Å². The number of aromatic nitrogens is 2. The van der Waals surface area contributed by atoms with Gasteiger partial charge in [0, 0.05) is 30.9 Å². The standard InChI is InChI=1S/C14H23N3O2/c1-10-3-5-12(6-4-10)15-7-8-17-9-11(2)13(18)16-14(17)19/h9-10,12,15H,3-8H2,1-2H3,(H,16,18,19). The van der Waals surface area contributed by atoms with Gasteiger partial charge in [0.25, 0.3) is 5.56 Å². The van der Waals surface area contributed by atoms with Crippen molar-refractivity contribution in [1.29, 1.82) is 0 Å². The van der Waals surface area contributed by atoms with Gasteiger partial charge in [-0.05, 0) is 38.5 Å². The van der Waals surface area contributed by atoms with E-state index in [1.165, 1.54) is 25.7 Å². The van der Waals surface area contributed by atoms with Crippen molar-refractivity contribution in [3.63, 3.8) is 0 Å². The molecule has 1 aliphatic carbocycles. The van der Waals surface area contributed by atoms with Crippen LogP contribution in [0.4, 0.5) is 0 Å². The van der Waals surface area contributed by atoms with Crippen LogP contribution in [0.5, 0.6) is 0 Å². The summed E-state index contributed by atoms with van der Waals surface area (Å²) in [5.41, 5.74) is -0.0452. The van der Waals surface area contributed by atoms with E-state index in [2.05, 4.69) is 17.2 Å². The number of aromatic amines is 1. The molecule has 2 N–H and O–H groups in total. The van der Waals surface area contributed by atoms with Crippen molar-refractivity contribution in [1.82, 2.24) is 14.9 Å². The first-order valence-corrected chi connectivity index (χ1v) is 7.10. The summed E-state index contributed by atoms with van der Waals surface area (Å²) in [5, 5.41) is 3.50. The zero-order valence-electron chi connectivity index (χ0n) is 11.7. The minimum absolute atomic E-state index is 0.296. The molecule has 1 aliphatic rings. The highest BCUT2D eigenvalue weighted by atomic mass is 16.2. The third kappa shape index (κ3) is 3.80. The molecule has 0 saturated heterocycles. The predicted octanol–water partition coefficient (Wildman–Crippen LogP) is 1.01. The van der Waals surface area contributed by atoms with E-state index in [9.17, 15) is 9.59 Å². The van der Waals surface area contributed by atoms with E-state index in [4.69, 9.17) is 0 Å². The lowest BCUT2D eigenvalue weighted by molar-refractivity contribution is 0.304. The lowest BCUT2D eigenvalue weighted by Gasteiger charge is -2.27. The van der Waals surface area contributed by atoms with Crippen molar-refractivity contribution in [3.8, 4) is 0 Å². The Kier molecular flexibility index (Phi) is 4.58. The summed E-state index contributed by atoms with van der Waals surface area (Å²) < 4.78 is 1.56. The van der Waals surface area contributed by atoms with E-state index in [1.807, 2.05) is 0 Å². The maximum absolute atomic E-state index is 11.6. The zero-order valence-corrected chi connectivity index (χ0v) is 11.7. The molecular weight excluding hydrogens is 242 g/mol. The smallest absolute Gasteiger partial charge is 0.312 e. The Bertz CT molecular complexity index is 524. The van der Waals surface area contributed by atoms with Crippen LogP contribution in [0.3, 0.4) is 0 Å². The minimum atomic E-state index is -0.324. The van der Waals surface area contributed by atoms with Crippen LogP contribution >= 0.6 is 0 Å². The van der Waals surface area contributed by atoms with Gasteiger partial charge < -0.3 is 5.32 Å². The molecule has 0 aromatic carbocycles. The van der Waals surface area contributed by atoms with Crippen LogP contribution in [0, 0.1) is 12.8 Å². The number of hydrogen-bond acceptors (Lipinski definition) is 3. The Hall–Kier alpha value is -1.36. The summed E-state index contributed by atoms with van der Waals surface area (Å²) in [6, 6.07) is 0.579. The fourth-order valence-corrected chi connectivity index (χ4v) is 2.64. The molecule has 106 valence electrons. The van der Waals surface area contributed by atoms with Gasteiger partial charge in [-0.3, -0.25) is 14.3 Å². The van der Waals surface area contributed by atoms with Crippen LogP contribution in [-0.2, 0) is 6.54 Å². The summed E-state index contributed by atoms with van der Waals surface area (Å²) in [6.45, 7) is 5.39. The number of rotatable bonds is 4. The van der Waals surface area contributed by atoms with E-state index >= 15 is 0 Å². The molecule has 1 aromatic heterocycles. The first-order chi connectivity index (χ1) is 9.06.